The maximum absolute atomic E-state index is 12.2. The first-order valence-corrected chi connectivity index (χ1v) is 5.33. The molecule has 1 fully saturated rings. The summed E-state index contributed by atoms with van der Waals surface area (Å²) >= 11 is 0.579. The van der Waals surface area contributed by atoms with Gasteiger partial charge >= 0.3 is 0 Å². The number of halogens is 2. The Labute approximate surface area is 85.7 Å². The van der Waals surface area contributed by atoms with Gasteiger partial charge in [0.05, 0.1) is 0 Å². The molecular weight excluding hydrogens is 204 g/mol. The Morgan fingerprint density at radius 1 is 1.29 bits per heavy atom. The van der Waals surface area contributed by atoms with E-state index in [-0.39, 0.29) is 5.54 Å². The van der Waals surface area contributed by atoms with Crippen LogP contribution in [0.2, 0.25) is 0 Å². The normalized spacial score (nSPS) is 18.6. The van der Waals surface area contributed by atoms with Gasteiger partial charge in [0.15, 0.2) is 0 Å². The highest BCUT2D eigenvalue weighted by atomic mass is 32.2. The van der Waals surface area contributed by atoms with Crippen LogP contribution in [-0.4, -0.2) is 5.76 Å². The average Bonchev–Trinajstić information content (AvgIpc) is 2.84. The summed E-state index contributed by atoms with van der Waals surface area (Å²) in [5.74, 6) is -2.38. The summed E-state index contributed by atoms with van der Waals surface area (Å²) in [4.78, 5) is 0.613. The monoisotopic (exact) mass is 215 g/mol. The molecule has 0 heterocycles. The number of thioether (sulfide) groups is 1. The molecule has 1 aliphatic rings. The molecule has 0 aliphatic heterocycles. The number of rotatable bonds is 3. The molecule has 1 saturated carbocycles. The van der Waals surface area contributed by atoms with Gasteiger partial charge in [-0.05, 0) is 24.5 Å². The van der Waals surface area contributed by atoms with Crippen molar-refractivity contribution in [1.82, 2.24) is 0 Å². The minimum atomic E-state index is -2.38. The molecule has 0 atom stereocenters. The third kappa shape index (κ3) is 1.91. The summed E-state index contributed by atoms with van der Waals surface area (Å²) in [6, 6.07) is 7.16. The van der Waals surface area contributed by atoms with Crippen molar-refractivity contribution >= 4 is 11.8 Å². The van der Waals surface area contributed by atoms with Crippen LogP contribution in [0, 0.1) is 0 Å². The Kier molecular flexibility index (Phi) is 2.49. The Morgan fingerprint density at radius 2 is 1.93 bits per heavy atom. The van der Waals surface area contributed by atoms with Gasteiger partial charge in [-0.3, -0.25) is 0 Å². The number of hydrogen-bond acceptors (Lipinski definition) is 2. The standard InChI is InChI=1S/C10H11F2NS/c11-9(12)14-8-4-2-1-3-7(8)10(13)5-6-10/h1-4,9H,5-6,13H2. The molecule has 0 aromatic heterocycles. The molecule has 0 unspecified atom stereocenters. The second-order valence-electron chi connectivity index (χ2n) is 3.53. The van der Waals surface area contributed by atoms with Crippen molar-refractivity contribution in [2.45, 2.75) is 29.0 Å². The van der Waals surface area contributed by atoms with Gasteiger partial charge in [-0.2, -0.15) is 8.78 Å². The average molecular weight is 215 g/mol. The van der Waals surface area contributed by atoms with Crippen LogP contribution in [-0.2, 0) is 5.54 Å². The van der Waals surface area contributed by atoms with E-state index in [9.17, 15) is 8.78 Å². The lowest BCUT2D eigenvalue weighted by molar-refractivity contribution is 0.252. The molecule has 1 aromatic carbocycles. The number of alkyl halides is 2. The zero-order valence-electron chi connectivity index (χ0n) is 7.54. The van der Waals surface area contributed by atoms with Gasteiger partial charge in [0.2, 0.25) is 0 Å². The molecule has 0 saturated heterocycles. The van der Waals surface area contributed by atoms with Crippen LogP contribution in [0.1, 0.15) is 18.4 Å². The lowest BCUT2D eigenvalue weighted by Gasteiger charge is -2.13. The highest BCUT2D eigenvalue weighted by molar-refractivity contribution is 7.99. The predicted molar refractivity (Wildman–Crippen MR) is 53.4 cm³/mol. The minimum Gasteiger partial charge on any atom is -0.321 e. The molecule has 0 radical (unpaired) electrons. The second kappa shape index (κ2) is 3.51. The SMILES string of the molecule is NC1(c2ccccc2SC(F)F)CC1. The van der Waals surface area contributed by atoms with Crippen LogP contribution in [0.15, 0.2) is 29.2 Å². The number of benzene rings is 1. The summed E-state index contributed by atoms with van der Waals surface area (Å²) in [6.45, 7) is 0. The fraction of sp³-hybridized carbons (Fsp3) is 0.400. The number of hydrogen-bond donors (Lipinski definition) is 1. The van der Waals surface area contributed by atoms with Crippen molar-refractivity contribution in [3.8, 4) is 0 Å². The molecular formula is C10H11F2NS. The van der Waals surface area contributed by atoms with E-state index in [1.807, 2.05) is 12.1 Å². The van der Waals surface area contributed by atoms with Crippen LogP contribution in [0.5, 0.6) is 0 Å². The van der Waals surface area contributed by atoms with Gasteiger partial charge in [-0.1, -0.05) is 30.0 Å². The van der Waals surface area contributed by atoms with E-state index in [2.05, 4.69) is 0 Å². The molecule has 0 amide bonds. The smallest absolute Gasteiger partial charge is 0.288 e. The molecule has 1 aromatic rings. The largest absolute Gasteiger partial charge is 0.321 e. The van der Waals surface area contributed by atoms with Gasteiger partial charge in [-0.25, -0.2) is 0 Å². The first-order valence-electron chi connectivity index (χ1n) is 4.45. The third-order valence-electron chi connectivity index (χ3n) is 2.43. The lowest BCUT2D eigenvalue weighted by Crippen LogP contribution is -2.19. The Bertz CT molecular complexity index is 337. The van der Waals surface area contributed by atoms with E-state index in [0.717, 1.165) is 18.4 Å². The number of nitrogens with two attached hydrogens (primary N) is 1. The molecule has 2 rings (SSSR count). The van der Waals surface area contributed by atoms with Gasteiger partial charge in [-0.15, -0.1) is 0 Å². The molecule has 4 heteroatoms. The van der Waals surface area contributed by atoms with Gasteiger partial charge in [0.25, 0.3) is 5.76 Å². The van der Waals surface area contributed by atoms with Crippen LogP contribution < -0.4 is 5.73 Å². The molecule has 0 spiro atoms. The summed E-state index contributed by atoms with van der Waals surface area (Å²) in [7, 11) is 0. The van der Waals surface area contributed by atoms with Crippen molar-refractivity contribution in [1.29, 1.82) is 0 Å². The maximum atomic E-state index is 12.2. The summed E-state index contributed by atoms with van der Waals surface area (Å²) in [6.07, 6.45) is 1.79. The van der Waals surface area contributed by atoms with Gasteiger partial charge in [0.1, 0.15) is 0 Å². The van der Waals surface area contributed by atoms with E-state index in [1.165, 1.54) is 0 Å². The van der Waals surface area contributed by atoms with Crippen molar-refractivity contribution in [2.24, 2.45) is 5.73 Å². The van der Waals surface area contributed by atoms with E-state index in [1.54, 1.807) is 12.1 Å². The molecule has 76 valence electrons. The third-order valence-corrected chi connectivity index (χ3v) is 3.22. The Hall–Kier alpha value is -0.610. The fourth-order valence-electron chi connectivity index (χ4n) is 1.48. The molecule has 1 nitrogen and oxygen atoms in total. The van der Waals surface area contributed by atoms with E-state index in [0.29, 0.717) is 16.7 Å². The zero-order chi connectivity index (χ0) is 10.2. The van der Waals surface area contributed by atoms with Crippen molar-refractivity contribution < 1.29 is 8.78 Å². The summed E-state index contributed by atoms with van der Waals surface area (Å²) in [5.41, 5.74) is 6.52. The molecule has 1 aliphatic carbocycles. The Morgan fingerprint density at radius 3 is 2.50 bits per heavy atom. The molecule has 2 N–H and O–H groups in total. The van der Waals surface area contributed by atoms with Crippen molar-refractivity contribution in [2.75, 3.05) is 0 Å². The predicted octanol–water partition coefficient (Wildman–Crippen LogP) is 2.95. The topological polar surface area (TPSA) is 26.0 Å². The fourth-order valence-corrected chi connectivity index (χ4v) is 2.23. The second-order valence-corrected chi connectivity index (χ2v) is 4.56. The van der Waals surface area contributed by atoms with Crippen LogP contribution >= 0.6 is 11.8 Å². The Balaban J connectivity index is 2.29. The van der Waals surface area contributed by atoms with Crippen LogP contribution in [0.25, 0.3) is 0 Å². The molecule has 0 bridgehead atoms. The zero-order valence-corrected chi connectivity index (χ0v) is 8.36. The minimum absolute atomic E-state index is 0.335. The lowest BCUT2D eigenvalue weighted by atomic mass is 10.1. The summed E-state index contributed by atoms with van der Waals surface area (Å²) in [5, 5.41) is 0. The highest BCUT2D eigenvalue weighted by Crippen LogP contribution is 2.46. The van der Waals surface area contributed by atoms with E-state index in [4.69, 9.17) is 5.73 Å². The molecule has 14 heavy (non-hydrogen) atoms. The van der Waals surface area contributed by atoms with Crippen LogP contribution in [0.3, 0.4) is 0 Å². The highest BCUT2D eigenvalue weighted by Gasteiger charge is 2.41. The maximum Gasteiger partial charge on any atom is 0.288 e. The van der Waals surface area contributed by atoms with Gasteiger partial charge in [0, 0.05) is 10.4 Å². The van der Waals surface area contributed by atoms with Crippen molar-refractivity contribution in [3.05, 3.63) is 29.8 Å². The first kappa shape index (κ1) is 9.93. The van der Waals surface area contributed by atoms with E-state index < -0.39 is 5.76 Å². The van der Waals surface area contributed by atoms with Crippen molar-refractivity contribution in [3.63, 3.8) is 0 Å². The quantitative estimate of drug-likeness (QED) is 0.784. The summed E-state index contributed by atoms with van der Waals surface area (Å²) < 4.78 is 24.5. The van der Waals surface area contributed by atoms with Crippen LogP contribution in [0.4, 0.5) is 8.78 Å². The van der Waals surface area contributed by atoms with Gasteiger partial charge < -0.3 is 5.73 Å². The first-order chi connectivity index (χ1) is 6.62. The van der Waals surface area contributed by atoms with E-state index >= 15 is 0 Å².